The quantitative estimate of drug-likeness (QED) is 0.187. The van der Waals surface area contributed by atoms with E-state index in [0.717, 1.165) is 6.42 Å². The molecular weight excluding hydrogens is 655 g/mol. The molecule has 0 unspecified atom stereocenters. The van der Waals surface area contributed by atoms with Crippen molar-refractivity contribution >= 4 is 21.5 Å². The van der Waals surface area contributed by atoms with Crippen molar-refractivity contribution in [3.8, 4) is 22.3 Å². The predicted octanol–water partition coefficient (Wildman–Crippen LogP) is 6.02. The standard InChI is InChI=1S/2C19H19.C3H6.2ClH.Zr/c2*1-3-5-15-8-10-16(11-9-15)18-7-4-6-17-12-14(2)13-19(17)18;1-3-2;;;/h2*4,6-13H,3,5H2,1-2H3;1-3H2;2*1H;/q2*-1;-2;;;+2/p-2. The van der Waals surface area contributed by atoms with Crippen molar-refractivity contribution in [1.82, 2.24) is 0 Å². The molecule has 6 aromatic rings. The van der Waals surface area contributed by atoms with E-state index < -0.39 is 0 Å². The summed E-state index contributed by atoms with van der Waals surface area (Å²) in [6.45, 7) is 15.5. The van der Waals surface area contributed by atoms with Crippen molar-refractivity contribution in [1.29, 1.82) is 0 Å². The van der Waals surface area contributed by atoms with E-state index in [1.54, 1.807) is 0 Å². The van der Waals surface area contributed by atoms with Gasteiger partial charge in [-0.3, -0.25) is 0 Å². The van der Waals surface area contributed by atoms with E-state index in [1.165, 1.54) is 91.7 Å². The average molecular weight is 699 g/mol. The van der Waals surface area contributed by atoms with Crippen LogP contribution in [-0.4, -0.2) is 0 Å². The van der Waals surface area contributed by atoms with Crippen molar-refractivity contribution in [3.05, 3.63) is 145 Å². The van der Waals surface area contributed by atoms with Gasteiger partial charge in [0.1, 0.15) is 0 Å². The summed E-state index contributed by atoms with van der Waals surface area (Å²) in [5.74, 6) is 0. The van der Waals surface area contributed by atoms with Crippen LogP contribution >= 0.6 is 0 Å². The van der Waals surface area contributed by atoms with Crippen molar-refractivity contribution in [2.75, 3.05) is 0 Å². The molecule has 0 saturated carbocycles. The zero-order valence-corrected chi connectivity index (χ0v) is 30.6. The Kier molecular flexibility index (Phi) is 17.9. The van der Waals surface area contributed by atoms with Crippen molar-refractivity contribution in [3.63, 3.8) is 0 Å². The Morgan fingerprint density at radius 3 is 1.20 bits per heavy atom. The number of fused-ring (bicyclic) bond motifs is 2. The molecule has 0 radical (unpaired) electrons. The Bertz CT molecular complexity index is 1530. The molecular formula is C41H44Cl2Zr-4. The Labute approximate surface area is 298 Å². The van der Waals surface area contributed by atoms with Gasteiger partial charge in [0.15, 0.2) is 0 Å². The monoisotopic (exact) mass is 696 g/mol. The number of halogens is 2. The first-order chi connectivity index (χ1) is 20.0. The normalized spacial score (nSPS) is 9.95. The third kappa shape index (κ3) is 10.3. The number of benzene rings is 4. The van der Waals surface area contributed by atoms with Crippen LogP contribution in [-0.2, 0) is 39.0 Å². The van der Waals surface area contributed by atoms with Crippen LogP contribution in [0, 0.1) is 27.7 Å². The van der Waals surface area contributed by atoms with E-state index in [1.807, 2.05) is 0 Å². The zero-order valence-electron chi connectivity index (χ0n) is 26.6. The van der Waals surface area contributed by atoms with E-state index in [-0.39, 0.29) is 51.0 Å². The fourth-order valence-corrected chi connectivity index (χ4v) is 5.55. The Hall–Kier alpha value is -2.44. The van der Waals surface area contributed by atoms with Gasteiger partial charge >= 0.3 is 26.2 Å². The molecule has 3 heteroatoms. The molecule has 0 nitrogen and oxygen atoms in total. The molecule has 0 heterocycles. The van der Waals surface area contributed by atoms with E-state index in [0.29, 0.717) is 0 Å². The van der Waals surface area contributed by atoms with Gasteiger partial charge in [-0.25, -0.2) is 0 Å². The van der Waals surface area contributed by atoms with Crippen LogP contribution in [0.4, 0.5) is 0 Å². The van der Waals surface area contributed by atoms with E-state index >= 15 is 0 Å². The topological polar surface area (TPSA) is 0 Å². The minimum Gasteiger partial charge on any atom is -1.00 e. The average Bonchev–Trinajstić information content (AvgIpc) is 3.56. The van der Waals surface area contributed by atoms with Crippen LogP contribution in [0.3, 0.4) is 0 Å². The third-order valence-corrected chi connectivity index (χ3v) is 7.40. The van der Waals surface area contributed by atoms with Gasteiger partial charge in [0.2, 0.25) is 0 Å². The van der Waals surface area contributed by atoms with Gasteiger partial charge in [-0.15, -0.1) is 69.1 Å². The fraction of sp³-hybridized carbons (Fsp3) is 0.220. The summed E-state index contributed by atoms with van der Waals surface area (Å²) in [5.41, 5.74) is 10.8. The van der Waals surface area contributed by atoms with Gasteiger partial charge in [-0.05, 0) is 35.1 Å². The van der Waals surface area contributed by atoms with Crippen LogP contribution in [0.15, 0.2) is 109 Å². The van der Waals surface area contributed by atoms with E-state index in [9.17, 15) is 0 Å². The molecule has 0 amide bonds. The van der Waals surface area contributed by atoms with Crippen LogP contribution < -0.4 is 24.8 Å². The zero-order chi connectivity index (χ0) is 29.2. The van der Waals surface area contributed by atoms with Crippen LogP contribution in [0.1, 0.15) is 55.4 Å². The smallest absolute Gasteiger partial charge is 1.00 e. The number of hydrogen-bond acceptors (Lipinski definition) is 0. The molecule has 0 aromatic heterocycles. The van der Waals surface area contributed by atoms with Gasteiger partial charge in [-0.1, -0.05) is 112 Å². The molecule has 0 aliphatic carbocycles. The summed E-state index contributed by atoms with van der Waals surface area (Å²) in [6, 6.07) is 40.2. The van der Waals surface area contributed by atoms with Crippen LogP contribution in [0.2, 0.25) is 0 Å². The molecule has 0 fully saturated rings. The first kappa shape index (κ1) is 39.6. The molecule has 0 aliphatic rings. The second kappa shape index (κ2) is 19.8. The summed E-state index contributed by atoms with van der Waals surface area (Å²) < 4.78 is 0. The molecule has 44 heavy (non-hydrogen) atoms. The molecule has 6 aromatic carbocycles. The van der Waals surface area contributed by atoms with Gasteiger partial charge < -0.3 is 45.1 Å². The van der Waals surface area contributed by atoms with E-state index in [2.05, 4.69) is 151 Å². The van der Waals surface area contributed by atoms with Gasteiger partial charge in [-0.2, -0.15) is 12.1 Å². The number of rotatable bonds is 6. The SMILES string of the molecule is CCCc1ccc(-c2cccc3[cH-]c(C)cc23)cc1.CCCc1ccc(-c2cccc3[cH-]c(C)cc23)cc1.[CH2-]C[CH2-].[Cl-].[Cl-].[Zr+2]. The van der Waals surface area contributed by atoms with Gasteiger partial charge in [0.25, 0.3) is 0 Å². The second-order valence-electron chi connectivity index (χ2n) is 10.9. The summed E-state index contributed by atoms with van der Waals surface area (Å²) in [4.78, 5) is 0. The predicted molar refractivity (Wildman–Crippen MR) is 183 cm³/mol. The van der Waals surface area contributed by atoms with Crippen molar-refractivity contribution < 1.29 is 51.0 Å². The number of aryl methyl sites for hydroxylation is 4. The Balaban J connectivity index is 0.000000380. The van der Waals surface area contributed by atoms with Crippen LogP contribution in [0.25, 0.3) is 43.8 Å². The first-order valence-corrected chi connectivity index (χ1v) is 15.1. The molecule has 0 spiro atoms. The third-order valence-electron chi connectivity index (χ3n) is 7.40. The Morgan fingerprint density at radius 2 is 0.886 bits per heavy atom. The maximum absolute atomic E-state index is 3.38. The van der Waals surface area contributed by atoms with E-state index in [4.69, 9.17) is 0 Å². The first-order valence-electron chi connectivity index (χ1n) is 15.1. The minimum atomic E-state index is 0. The fourth-order valence-electron chi connectivity index (χ4n) is 5.55. The summed E-state index contributed by atoms with van der Waals surface area (Å²) in [5, 5.41) is 5.41. The summed E-state index contributed by atoms with van der Waals surface area (Å²) in [7, 11) is 0. The number of hydrogen-bond donors (Lipinski definition) is 0. The van der Waals surface area contributed by atoms with Gasteiger partial charge in [0.05, 0.1) is 0 Å². The molecule has 0 aliphatic heterocycles. The second-order valence-corrected chi connectivity index (χ2v) is 10.9. The maximum atomic E-state index is 3.38. The maximum Gasteiger partial charge on any atom is 2.00 e. The molecule has 0 atom stereocenters. The molecule has 0 bridgehead atoms. The largest absolute Gasteiger partial charge is 2.00 e. The minimum absolute atomic E-state index is 0. The summed E-state index contributed by atoms with van der Waals surface area (Å²) >= 11 is 0. The molecule has 0 N–H and O–H groups in total. The van der Waals surface area contributed by atoms with Crippen molar-refractivity contribution in [2.45, 2.75) is 59.8 Å². The molecule has 230 valence electrons. The summed E-state index contributed by atoms with van der Waals surface area (Å²) in [6.07, 6.45) is 5.49. The van der Waals surface area contributed by atoms with Crippen molar-refractivity contribution in [2.24, 2.45) is 0 Å². The van der Waals surface area contributed by atoms with Gasteiger partial charge in [0, 0.05) is 0 Å². The Morgan fingerprint density at radius 1 is 0.545 bits per heavy atom. The molecule has 6 rings (SSSR count). The van der Waals surface area contributed by atoms with Crippen LogP contribution in [0.5, 0.6) is 0 Å². The molecule has 0 saturated heterocycles.